The zero-order valence-electron chi connectivity index (χ0n) is 14.2. The highest BCUT2D eigenvalue weighted by Crippen LogP contribution is 2.34. The first-order valence-corrected chi connectivity index (χ1v) is 8.43. The summed E-state index contributed by atoms with van der Waals surface area (Å²) in [6.07, 6.45) is 0. The van der Waals surface area contributed by atoms with Gasteiger partial charge < -0.3 is 19.5 Å². The molecule has 0 bridgehead atoms. The fourth-order valence-corrected chi connectivity index (χ4v) is 2.77. The van der Waals surface area contributed by atoms with Crippen LogP contribution < -0.4 is 14.8 Å². The number of benzene rings is 2. The summed E-state index contributed by atoms with van der Waals surface area (Å²) in [5.41, 5.74) is 0.606. The number of para-hydroxylation sites is 2. The first kappa shape index (κ1) is 19.9. The Morgan fingerprint density at radius 3 is 2.38 bits per heavy atom. The van der Waals surface area contributed by atoms with Crippen molar-refractivity contribution in [2.45, 2.75) is 6.92 Å². The van der Waals surface area contributed by atoms with Crippen LogP contribution in [0.5, 0.6) is 11.5 Å². The Morgan fingerprint density at radius 2 is 1.77 bits per heavy atom. The Hall–Kier alpha value is -2.44. The molecule has 1 N–H and O–H groups in total. The molecule has 0 radical (unpaired) electrons. The number of esters is 1. The minimum absolute atomic E-state index is 0.114. The van der Waals surface area contributed by atoms with Crippen LogP contribution in [0.15, 0.2) is 36.4 Å². The molecule has 0 fully saturated rings. The molecule has 26 heavy (non-hydrogen) atoms. The van der Waals surface area contributed by atoms with Crippen LogP contribution in [0.2, 0.25) is 10.0 Å². The van der Waals surface area contributed by atoms with Crippen LogP contribution in [-0.4, -0.2) is 32.2 Å². The van der Waals surface area contributed by atoms with Gasteiger partial charge in [0.15, 0.2) is 12.4 Å². The van der Waals surface area contributed by atoms with E-state index >= 15 is 0 Å². The molecule has 0 heterocycles. The van der Waals surface area contributed by atoms with Gasteiger partial charge in [-0.1, -0.05) is 35.3 Å². The van der Waals surface area contributed by atoms with E-state index in [9.17, 15) is 9.59 Å². The average Bonchev–Trinajstić information content (AvgIpc) is 2.61. The van der Waals surface area contributed by atoms with Crippen molar-refractivity contribution in [2.24, 2.45) is 0 Å². The van der Waals surface area contributed by atoms with Crippen LogP contribution in [-0.2, 0) is 9.53 Å². The summed E-state index contributed by atoms with van der Waals surface area (Å²) in [5.74, 6) is -0.445. The van der Waals surface area contributed by atoms with Gasteiger partial charge in [0.2, 0.25) is 0 Å². The summed E-state index contributed by atoms with van der Waals surface area (Å²) in [4.78, 5) is 24.1. The predicted molar refractivity (Wildman–Crippen MR) is 99.5 cm³/mol. The van der Waals surface area contributed by atoms with E-state index in [2.05, 4.69) is 5.32 Å². The van der Waals surface area contributed by atoms with Crippen LogP contribution >= 0.6 is 23.2 Å². The highest BCUT2D eigenvalue weighted by molar-refractivity contribution is 6.37. The zero-order valence-corrected chi connectivity index (χ0v) is 15.7. The average molecular weight is 398 g/mol. The van der Waals surface area contributed by atoms with Crippen molar-refractivity contribution in [3.8, 4) is 11.5 Å². The molecule has 6 nitrogen and oxygen atoms in total. The fourth-order valence-electron chi connectivity index (χ4n) is 2.12. The van der Waals surface area contributed by atoms with E-state index in [-0.39, 0.29) is 21.4 Å². The Bertz CT molecular complexity index is 787. The second-order valence-electron chi connectivity index (χ2n) is 5.03. The molecule has 0 unspecified atom stereocenters. The van der Waals surface area contributed by atoms with Crippen LogP contribution in [0.3, 0.4) is 0 Å². The summed E-state index contributed by atoms with van der Waals surface area (Å²) in [6, 6.07) is 9.68. The van der Waals surface area contributed by atoms with Gasteiger partial charge in [-0.2, -0.15) is 0 Å². The molecule has 0 aliphatic heterocycles. The SMILES string of the molecule is CCOc1ccccc1NC(=O)COC(=O)c1cc(Cl)c(OC)c(Cl)c1. The van der Waals surface area contributed by atoms with E-state index < -0.39 is 18.5 Å². The number of nitrogens with one attached hydrogen (secondary N) is 1. The number of carbonyl (C=O) groups is 2. The maximum absolute atomic E-state index is 12.1. The third-order valence-electron chi connectivity index (χ3n) is 3.23. The molecular weight excluding hydrogens is 381 g/mol. The van der Waals surface area contributed by atoms with Crippen molar-refractivity contribution < 1.29 is 23.8 Å². The zero-order chi connectivity index (χ0) is 19.1. The van der Waals surface area contributed by atoms with Gasteiger partial charge in [0.05, 0.1) is 35.0 Å². The number of ether oxygens (including phenoxy) is 3. The van der Waals surface area contributed by atoms with E-state index in [4.69, 9.17) is 37.4 Å². The van der Waals surface area contributed by atoms with Crippen LogP contribution in [0, 0.1) is 0 Å². The summed E-state index contributed by atoms with van der Waals surface area (Å²) in [6.45, 7) is 1.83. The molecule has 2 aromatic rings. The smallest absolute Gasteiger partial charge is 0.338 e. The summed E-state index contributed by atoms with van der Waals surface area (Å²) < 4.78 is 15.4. The molecule has 0 aromatic heterocycles. The van der Waals surface area contributed by atoms with Gasteiger partial charge in [-0.15, -0.1) is 0 Å². The summed E-state index contributed by atoms with van der Waals surface area (Å²) in [5, 5.41) is 2.97. The van der Waals surface area contributed by atoms with Crippen molar-refractivity contribution >= 4 is 40.8 Å². The van der Waals surface area contributed by atoms with E-state index in [1.54, 1.807) is 24.3 Å². The lowest BCUT2D eigenvalue weighted by Crippen LogP contribution is -2.21. The van der Waals surface area contributed by atoms with Gasteiger partial charge >= 0.3 is 5.97 Å². The molecular formula is C18H17Cl2NO5. The lowest BCUT2D eigenvalue weighted by molar-refractivity contribution is -0.119. The van der Waals surface area contributed by atoms with Gasteiger partial charge in [0, 0.05) is 0 Å². The lowest BCUT2D eigenvalue weighted by atomic mass is 10.2. The lowest BCUT2D eigenvalue weighted by Gasteiger charge is -2.12. The Labute approximate surface area is 160 Å². The van der Waals surface area contributed by atoms with Crippen molar-refractivity contribution in [1.29, 1.82) is 0 Å². The molecule has 2 aromatic carbocycles. The van der Waals surface area contributed by atoms with Crippen LogP contribution in [0.1, 0.15) is 17.3 Å². The second-order valence-corrected chi connectivity index (χ2v) is 5.84. The third-order valence-corrected chi connectivity index (χ3v) is 3.79. The van der Waals surface area contributed by atoms with Gasteiger partial charge in [-0.3, -0.25) is 4.79 Å². The van der Waals surface area contributed by atoms with Crippen molar-refractivity contribution in [2.75, 3.05) is 25.6 Å². The van der Waals surface area contributed by atoms with Gasteiger partial charge in [-0.05, 0) is 31.2 Å². The maximum Gasteiger partial charge on any atom is 0.338 e. The van der Waals surface area contributed by atoms with Gasteiger partial charge in [0.25, 0.3) is 5.91 Å². The van der Waals surface area contributed by atoms with E-state index in [0.29, 0.717) is 18.0 Å². The molecule has 0 saturated carbocycles. The van der Waals surface area contributed by atoms with Crippen molar-refractivity contribution in [3.05, 3.63) is 52.0 Å². The molecule has 0 saturated heterocycles. The number of anilines is 1. The molecule has 0 aliphatic carbocycles. The Kier molecular flexibility index (Phi) is 7.12. The number of hydrogen-bond acceptors (Lipinski definition) is 5. The minimum atomic E-state index is -0.732. The fraction of sp³-hybridized carbons (Fsp3) is 0.222. The van der Waals surface area contributed by atoms with Gasteiger partial charge in [0.1, 0.15) is 5.75 Å². The molecule has 1 amide bonds. The highest BCUT2D eigenvalue weighted by Gasteiger charge is 2.16. The summed E-state index contributed by atoms with van der Waals surface area (Å²) in [7, 11) is 1.41. The van der Waals surface area contributed by atoms with Crippen LogP contribution in [0.4, 0.5) is 5.69 Å². The third kappa shape index (κ3) is 5.03. The van der Waals surface area contributed by atoms with Gasteiger partial charge in [-0.25, -0.2) is 4.79 Å². The first-order chi connectivity index (χ1) is 12.5. The Morgan fingerprint density at radius 1 is 1.12 bits per heavy atom. The monoisotopic (exact) mass is 397 g/mol. The second kappa shape index (κ2) is 9.31. The number of hydrogen-bond donors (Lipinski definition) is 1. The largest absolute Gasteiger partial charge is 0.494 e. The topological polar surface area (TPSA) is 73.9 Å². The number of carbonyl (C=O) groups excluding carboxylic acids is 2. The number of methoxy groups -OCH3 is 1. The number of halogens is 2. The molecule has 0 spiro atoms. The van der Waals surface area contributed by atoms with Crippen molar-refractivity contribution in [3.63, 3.8) is 0 Å². The van der Waals surface area contributed by atoms with E-state index in [1.165, 1.54) is 19.2 Å². The predicted octanol–water partition coefficient (Wildman–Crippen LogP) is 4.20. The molecule has 138 valence electrons. The maximum atomic E-state index is 12.1. The van der Waals surface area contributed by atoms with E-state index in [1.807, 2.05) is 6.92 Å². The molecule has 0 aliphatic rings. The normalized spacial score (nSPS) is 10.2. The molecule has 8 heteroatoms. The summed E-state index contributed by atoms with van der Waals surface area (Å²) >= 11 is 12.0. The van der Waals surface area contributed by atoms with E-state index in [0.717, 1.165) is 0 Å². The molecule has 0 atom stereocenters. The molecule has 2 rings (SSSR count). The minimum Gasteiger partial charge on any atom is -0.494 e. The van der Waals surface area contributed by atoms with Crippen molar-refractivity contribution in [1.82, 2.24) is 0 Å². The quantitative estimate of drug-likeness (QED) is 0.708. The standard InChI is InChI=1S/C18H17Cl2NO5/c1-3-25-15-7-5-4-6-14(15)21-16(22)10-26-18(23)11-8-12(19)17(24-2)13(20)9-11/h4-9H,3,10H2,1-2H3,(H,21,22). The Balaban J connectivity index is 1.98. The van der Waals surface area contributed by atoms with Crippen LogP contribution in [0.25, 0.3) is 0 Å². The first-order valence-electron chi connectivity index (χ1n) is 7.68. The highest BCUT2D eigenvalue weighted by atomic mass is 35.5. The number of amides is 1. The number of rotatable bonds is 7.